The summed E-state index contributed by atoms with van der Waals surface area (Å²) < 4.78 is 15.5. The lowest BCUT2D eigenvalue weighted by Gasteiger charge is -2.01. The summed E-state index contributed by atoms with van der Waals surface area (Å²) in [6, 6.07) is 5.37. The molecule has 0 unspecified atom stereocenters. The van der Waals surface area contributed by atoms with Crippen molar-refractivity contribution in [1.29, 1.82) is 5.26 Å². The molecule has 1 heterocycles. The zero-order chi connectivity index (χ0) is 10.1. The van der Waals surface area contributed by atoms with Gasteiger partial charge in [0.1, 0.15) is 5.82 Å². The average molecular weight is 270 g/mol. The Morgan fingerprint density at radius 1 is 1.57 bits per heavy atom. The normalized spacial score (nSPS) is 10.4. The number of hydrogen-bond acceptors (Lipinski definition) is 2. The maximum atomic E-state index is 13.7. The molecular formula is C10H5BrFNS. The zero-order valence-corrected chi connectivity index (χ0v) is 9.45. The second kappa shape index (κ2) is 3.68. The molecule has 1 aromatic heterocycles. The summed E-state index contributed by atoms with van der Waals surface area (Å²) in [6.45, 7) is 0. The second-order valence-corrected chi connectivity index (χ2v) is 4.60. The van der Waals surface area contributed by atoms with Crippen molar-refractivity contribution in [2.45, 2.75) is 6.42 Å². The predicted octanol–water partition coefficient (Wildman–Crippen LogP) is 3.87. The molecule has 0 N–H and O–H groups in total. The molecule has 2 aromatic rings. The molecule has 1 nitrogen and oxygen atoms in total. The minimum atomic E-state index is -0.272. The summed E-state index contributed by atoms with van der Waals surface area (Å²) in [4.78, 5) is 0. The average Bonchev–Trinajstić information content (AvgIpc) is 2.63. The van der Waals surface area contributed by atoms with Crippen LogP contribution in [0.5, 0.6) is 0 Å². The summed E-state index contributed by atoms with van der Waals surface area (Å²) in [7, 11) is 0. The third kappa shape index (κ3) is 1.43. The van der Waals surface area contributed by atoms with Gasteiger partial charge in [0.2, 0.25) is 0 Å². The molecule has 0 saturated carbocycles. The highest BCUT2D eigenvalue weighted by Gasteiger charge is 2.11. The molecule has 14 heavy (non-hydrogen) atoms. The summed E-state index contributed by atoms with van der Waals surface area (Å²) >= 11 is 4.85. The molecule has 0 aliphatic rings. The highest BCUT2D eigenvalue weighted by atomic mass is 79.9. The van der Waals surface area contributed by atoms with Crippen LogP contribution in [0, 0.1) is 17.1 Å². The van der Waals surface area contributed by atoms with Crippen LogP contribution in [0.4, 0.5) is 4.39 Å². The van der Waals surface area contributed by atoms with Crippen molar-refractivity contribution in [1.82, 2.24) is 0 Å². The van der Waals surface area contributed by atoms with E-state index >= 15 is 0 Å². The van der Waals surface area contributed by atoms with E-state index < -0.39 is 0 Å². The predicted molar refractivity (Wildman–Crippen MR) is 58.8 cm³/mol. The van der Waals surface area contributed by atoms with E-state index in [0.717, 1.165) is 9.17 Å². The minimum absolute atomic E-state index is 0.107. The van der Waals surface area contributed by atoms with Crippen molar-refractivity contribution in [2.24, 2.45) is 0 Å². The highest BCUT2D eigenvalue weighted by Crippen LogP contribution is 2.33. The Morgan fingerprint density at radius 2 is 2.36 bits per heavy atom. The standard InChI is InChI=1S/C10H5BrFNS/c11-8-5-6(1-3-13)9(12)7-2-4-14-10(7)8/h2,4-5H,1H2. The van der Waals surface area contributed by atoms with Crippen molar-refractivity contribution >= 4 is 37.4 Å². The lowest BCUT2D eigenvalue weighted by molar-refractivity contribution is 0.627. The van der Waals surface area contributed by atoms with Crippen molar-refractivity contribution in [3.63, 3.8) is 0 Å². The first-order valence-corrected chi connectivity index (χ1v) is 5.62. The van der Waals surface area contributed by atoms with Crippen LogP contribution in [0.25, 0.3) is 10.1 Å². The molecule has 0 bridgehead atoms. The Balaban J connectivity index is 2.76. The quantitative estimate of drug-likeness (QED) is 0.771. The van der Waals surface area contributed by atoms with Gasteiger partial charge in [-0.2, -0.15) is 5.26 Å². The van der Waals surface area contributed by atoms with Gasteiger partial charge in [-0.05, 0) is 33.4 Å². The number of hydrogen-bond donors (Lipinski definition) is 0. The van der Waals surface area contributed by atoms with E-state index in [-0.39, 0.29) is 12.2 Å². The van der Waals surface area contributed by atoms with E-state index in [0.29, 0.717) is 10.9 Å². The van der Waals surface area contributed by atoms with E-state index in [1.807, 2.05) is 11.4 Å². The van der Waals surface area contributed by atoms with Gasteiger partial charge in [-0.15, -0.1) is 11.3 Å². The number of nitriles is 1. The topological polar surface area (TPSA) is 23.8 Å². The Labute approximate surface area is 92.9 Å². The summed E-state index contributed by atoms with van der Waals surface area (Å²) in [6.07, 6.45) is 0.107. The maximum absolute atomic E-state index is 13.7. The summed E-state index contributed by atoms with van der Waals surface area (Å²) in [5.41, 5.74) is 0.449. The van der Waals surface area contributed by atoms with Gasteiger partial charge in [-0.1, -0.05) is 0 Å². The second-order valence-electron chi connectivity index (χ2n) is 2.83. The van der Waals surface area contributed by atoms with Crippen LogP contribution < -0.4 is 0 Å². The van der Waals surface area contributed by atoms with Crippen molar-refractivity contribution < 1.29 is 4.39 Å². The Morgan fingerprint density at radius 3 is 3.07 bits per heavy atom. The molecule has 4 heteroatoms. The van der Waals surface area contributed by atoms with Crippen LogP contribution in [0.3, 0.4) is 0 Å². The van der Waals surface area contributed by atoms with Crippen LogP contribution >= 0.6 is 27.3 Å². The SMILES string of the molecule is N#CCc1cc(Br)c2sccc2c1F. The Kier molecular flexibility index (Phi) is 2.53. The van der Waals surface area contributed by atoms with Gasteiger partial charge in [0.25, 0.3) is 0 Å². The van der Waals surface area contributed by atoms with Crippen molar-refractivity contribution in [3.05, 3.63) is 33.4 Å². The Bertz CT molecular complexity index is 527. The molecule has 0 aliphatic heterocycles. The number of nitrogens with zero attached hydrogens (tertiary/aromatic N) is 1. The van der Waals surface area contributed by atoms with Gasteiger partial charge in [0.05, 0.1) is 17.2 Å². The van der Waals surface area contributed by atoms with Crippen LogP contribution in [0.2, 0.25) is 0 Å². The molecule has 0 atom stereocenters. The molecule has 70 valence electrons. The van der Waals surface area contributed by atoms with Gasteiger partial charge < -0.3 is 0 Å². The van der Waals surface area contributed by atoms with Crippen LogP contribution in [0.1, 0.15) is 5.56 Å². The molecule has 0 saturated heterocycles. The fourth-order valence-electron chi connectivity index (χ4n) is 1.34. The molecule has 0 aliphatic carbocycles. The first kappa shape index (κ1) is 9.63. The molecule has 0 radical (unpaired) electrons. The van der Waals surface area contributed by atoms with Crippen molar-refractivity contribution in [2.75, 3.05) is 0 Å². The largest absolute Gasteiger partial charge is 0.206 e. The number of halogens is 2. The van der Waals surface area contributed by atoms with E-state index in [1.54, 1.807) is 12.1 Å². The van der Waals surface area contributed by atoms with Gasteiger partial charge in [-0.3, -0.25) is 0 Å². The monoisotopic (exact) mass is 269 g/mol. The van der Waals surface area contributed by atoms with Gasteiger partial charge in [0, 0.05) is 15.4 Å². The zero-order valence-electron chi connectivity index (χ0n) is 7.05. The molecule has 2 rings (SSSR count). The molecular weight excluding hydrogens is 265 g/mol. The maximum Gasteiger partial charge on any atom is 0.136 e. The summed E-state index contributed by atoms with van der Waals surface area (Å²) in [5, 5.41) is 11.0. The smallest absolute Gasteiger partial charge is 0.136 e. The Hall–Kier alpha value is -0.920. The van der Waals surface area contributed by atoms with E-state index in [1.165, 1.54) is 11.3 Å². The van der Waals surface area contributed by atoms with Gasteiger partial charge in [0.15, 0.2) is 0 Å². The minimum Gasteiger partial charge on any atom is -0.206 e. The number of thiophene rings is 1. The van der Waals surface area contributed by atoms with Crippen LogP contribution in [-0.2, 0) is 6.42 Å². The van der Waals surface area contributed by atoms with Crippen LogP contribution in [-0.4, -0.2) is 0 Å². The third-order valence-corrected chi connectivity index (χ3v) is 3.81. The van der Waals surface area contributed by atoms with Crippen LogP contribution in [0.15, 0.2) is 22.0 Å². The van der Waals surface area contributed by atoms with Crippen molar-refractivity contribution in [3.8, 4) is 6.07 Å². The number of benzene rings is 1. The first-order valence-electron chi connectivity index (χ1n) is 3.95. The fourth-order valence-corrected chi connectivity index (χ4v) is 2.90. The van der Waals surface area contributed by atoms with E-state index in [2.05, 4.69) is 15.9 Å². The molecule has 0 amide bonds. The number of fused-ring (bicyclic) bond motifs is 1. The van der Waals surface area contributed by atoms with Gasteiger partial charge >= 0.3 is 0 Å². The molecule has 1 aromatic carbocycles. The third-order valence-electron chi connectivity index (χ3n) is 1.97. The number of rotatable bonds is 1. The van der Waals surface area contributed by atoms with E-state index in [4.69, 9.17) is 5.26 Å². The fraction of sp³-hybridized carbons (Fsp3) is 0.100. The highest BCUT2D eigenvalue weighted by molar-refractivity contribution is 9.10. The lowest BCUT2D eigenvalue weighted by atomic mass is 10.1. The lowest BCUT2D eigenvalue weighted by Crippen LogP contribution is -1.89. The first-order chi connectivity index (χ1) is 6.74. The van der Waals surface area contributed by atoms with Gasteiger partial charge in [-0.25, -0.2) is 4.39 Å². The summed E-state index contributed by atoms with van der Waals surface area (Å²) in [5.74, 6) is -0.272. The van der Waals surface area contributed by atoms with E-state index in [9.17, 15) is 4.39 Å². The molecule has 0 spiro atoms. The molecule has 0 fully saturated rings.